The first-order valence-electron chi connectivity index (χ1n) is 6.47. The molecule has 3 rings (SSSR count). The predicted octanol–water partition coefficient (Wildman–Crippen LogP) is 5.01. The van der Waals surface area contributed by atoms with Crippen LogP contribution in [-0.4, -0.2) is 4.57 Å². The van der Waals surface area contributed by atoms with Crippen LogP contribution in [0.25, 0.3) is 5.69 Å². The van der Waals surface area contributed by atoms with E-state index in [1.54, 1.807) is 0 Å². The van der Waals surface area contributed by atoms with Crippen LogP contribution in [0.3, 0.4) is 0 Å². The summed E-state index contributed by atoms with van der Waals surface area (Å²) in [6.45, 7) is 2.08. The van der Waals surface area contributed by atoms with Crippen LogP contribution in [-0.2, 0) is 0 Å². The number of nitrogens with zero attached hydrogens (tertiary/aromatic N) is 1. The van der Waals surface area contributed by atoms with Crippen molar-refractivity contribution < 1.29 is 4.42 Å². The van der Waals surface area contributed by atoms with Crippen LogP contribution in [0.4, 0.5) is 5.69 Å². The smallest absolute Gasteiger partial charge is 0.169 e. The Morgan fingerprint density at radius 3 is 2.60 bits per heavy atom. The summed E-state index contributed by atoms with van der Waals surface area (Å²) in [6, 6.07) is 16.3. The van der Waals surface area contributed by atoms with E-state index in [4.69, 9.17) is 4.42 Å². The lowest BCUT2D eigenvalue weighted by Crippen LogP contribution is -2.05. The summed E-state index contributed by atoms with van der Waals surface area (Å²) in [7, 11) is 0. The fourth-order valence-corrected chi connectivity index (χ4v) is 2.46. The highest BCUT2D eigenvalue weighted by Crippen LogP contribution is 2.24. The minimum absolute atomic E-state index is 0.112. The molecule has 0 fully saturated rings. The molecule has 0 bridgehead atoms. The van der Waals surface area contributed by atoms with Crippen molar-refractivity contribution in [2.45, 2.75) is 13.0 Å². The van der Waals surface area contributed by atoms with Crippen molar-refractivity contribution in [3.63, 3.8) is 0 Å². The maximum atomic E-state index is 5.57. The minimum atomic E-state index is 0.112. The monoisotopic (exact) mass is 330 g/mol. The number of aromatic nitrogens is 1. The van der Waals surface area contributed by atoms with E-state index in [9.17, 15) is 0 Å². The summed E-state index contributed by atoms with van der Waals surface area (Å²) in [4.78, 5) is 0. The van der Waals surface area contributed by atoms with Crippen LogP contribution in [0.2, 0.25) is 0 Å². The number of hydrogen-bond acceptors (Lipinski definition) is 2. The van der Waals surface area contributed by atoms with Gasteiger partial charge in [0.1, 0.15) is 5.76 Å². The molecule has 0 aliphatic carbocycles. The Bertz CT molecular complexity index is 688. The second-order valence-electron chi connectivity index (χ2n) is 4.65. The standard InChI is InChI=1S/C16H15BrN2O/c1-12(15-7-8-16(17)20-15)18-13-5-4-6-14(11-13)19-9-2-3-10-19/h2-12,18H,1H3. The third kappa shape index (κ3) is 2.80. The van der Waals surface area contributed by atoms with E-state index < -0.39 is 0 Å². The van der Waals surface area contributed by atoms with Gasteiger partial charge >= 0.3 is 0 Å². The van der Waals surface area contributed by atoms with Crippen LogP contribution < -0.4 is 5.32 Å². The normalized spacial score (nSPS) is 12.3. The molecule has 2 heterocycles. The van der Waals surface area contributed by atoms with Crippen LogP contribution in [0.5, 0.6) is 0 Å². The third-order valence-electron chi connectivity index (χ3n) is 3.15. The molecule has 2 aromatic heterocycles. The second-order valence-corrected chi connectivity index (χ2v) is 5.43. The van der Waals surface area contributed by atoms with E-state index in [2.05, 4.69) is 50.9 Å². The number of hydrogen-bond donors (Lipinski definition) is 1. The Morgan fingerprint density at radius 2 is 1.90 bits per heavy atom. The highest BCUT2D eigenvalue weighted by Gasteiger charge is 2.09. The molecule has 1 N–H and O–H groups in total. The van der Waals surface area contributed by atoms with Gasteiger partial charge in [-0.15, -0.1) is 0 Å². The molecule has 0 saturated carbocycles. The molecule has 0 aliphatic heterocycles. The van der Waals surface area contributed by atoms with Crippen molar-refractivity contribution in [3.8, 4) is 5.69 Å². The Balaban J connectivity index is 1.79. The maximum absolute atomic E-state index is 5.57. The summed E-state index contributed by atoms with van der Waals surface area (Å²) >= 11 is 3.33. The molecule has 0 amide bonds. The van der Waals surface area contributed by atoms with Crippen molar-refractivity contribution in [3.05, 3.63) is 71.4 Å². The molecule has 1 aromatic carbocycles. The number of anilines is 1. The van der Waals surface area contributed by atoms with E-state index in [0.717, 1.165) is 21.8 Å². The molecule has 0 saturated heterocycles. The summed E-state index contributed by atoms with van der Waals surface area (Å²) in [6.07, 6.45) is 4.07. The van der Waals surface area contributed by atoms with Gasteiger partial charge in [-0.25, -0.2) is 0 Å². The lowest BCUT2D eigenvalue weighted by Gasteiger charge is -2.14. The van der Waals surface area contributed by atoms with E-state index in [1.807, 2.05) is 42.7 Å². The molecule has 0 aliphatic rings. The quantitative estimate of drug-likeness (QED) is 0.729. The zero-order valence-electron chi connectivity index (χ0n) is 11.1. The van der Waals surface area contributed by atoms with Gasteiger partial charge in [-0.3, -0.25) is 0 Å². The SMILES string of the molecule is CC(Nc1cccc(-n2cccc2)c1)c1ccc(Br)o1. The molecule has 0 spiro atoms. The van der Waals surface area contributed by atoms with Gasteiger partial charge < -0.3 is 14.3 Å². The van der Waals surface area contributed by atoms with Crippen LogP contribution >= 0.6 is 15.9 Å². The summed E-state index contributed by atoms with van der Waals surface area (Å²) < 4.78 is 8.40. The fraction of sp³-hybridized carbons (Fsp3) is 0.125. The molecule has 0 radical (unpaired) electrons. The number of nitrogens with one attached hydrogen (secondary N) is 1. The average Bonchev–Trinajstić information content (AvgIpc) is 3.10. The van der Waals surface area contributed by atoms with Crippen molar-refractivity contribution in [2.24, 2.45) is 0 Å². The maximum Gasteiger partial charge on any atom is 0.169 e. The summed E-state index contributed by atoms with van der Waals surface area (Å²) in [5.74, 6) is 0.906. The molecule has 1 unspecified atom stereocenters. The van der Waals surface area contributed by atoms with E-state index in [-0.39, 0.29) is 6.04 Å². The average molecular weight is 331 g/mol. The van der Waals surface area contributed by atoms with Gasteiger partial charge in [-0.1, -0.05) is 6.07 Å². The molecule has 20 heavy (non-hydrogen) atoms. The first-order chi connectivity index (χ1) is 9.72. The Morgan fingerprint density at radius 1 is 1.10 bits per heavy atom. The van der Waals surface area contributed by atoms with Gasteiger partial charge in [-0.2, -0.15) is 0 Å². The Labute approximate surface area is 126 Å². The largest absolute Gasteiger partial charge is 0.452 e. The number of rotatable bonds is 4. The highest BCUT2D eigenvalue weighted by atomic mass is 79.9. The van der Waals surface area contributed by atoms with Gasteiger partial charge in [0.25, 0.3) is 0 Å². The summed E-state index contributed by atoms with van der Waals surface area (Å²) in [5, 5.41) is 3.45. The third-order valence-corrected chi connectivity index (χ3v) is 3.58. The van der Waals surface area contributed by atoms with Gasteiger partial charge in [0.2, 0.25) is 0 Å². The minimum Gasteiger partial charge on any atom is -0.452 e. The van der Waals surface area contributed by atoms with Crippen LogP contribution in [0, 0.1) is 0 Å². The molecular weight excluding hydrogens is 316 g/mol. The fourth-order valence-electron chi connectivity index (χ4n) is 2.15. The van der Waals surface area contributed by atoms with Gasteiger partial charge in [-0.05, 0) is 65.3 Å². The lowest BCUT2D eigenvalue weighted by atomic mass is 10.2. The van der Waals surface area contributed by atoms with Gasteiger partial charge in [0.15, 0.2) is 4.67 Å². The predicted molar refractivity (Wildman–Crippen MR) is 84.2 cm³/mol. The van der Waals surface area contributed by atoms with E-state index in [0.29, 0.717) is 0 Å². The number of furan rings is 1. The van der Waals surface area contributed by atoms with Crippen molar-refractivity contribution in [2.75, 3.05) is 5.32 Å². The lowest BCUT2D eigenvalue weighted by molar-refractivity contribution is 0.471. The van der Waals surface area contributed by atoms with Gasteiger partial charge in [0.05, 0.1) is 6.04 Å². The molecule has 102 valence electrons. The van der Waals surface area contributed by atoms with Crippen molar-refractivity contribution in [1.29, 1.82) is 0 Å². The number of benzene rings is 1. The van der Waals surface area contributed by atoms with Crippen molar-refractivity contribution in [1.82, 2.24) is 4.57 Å². The highest BCUT2D eigenvalue weighted by molar-refractivity contribution is 9.10. The molecular formula is C16H15BrN2O. The first kappa shape index (κ1) is 13.1. The Kier molecular flexibility index (Phi) is 3.65. The Hall–Kier alpha value is -1.94. The first-order valence-corrected chi connectivity index (χ1v) is 7.27. The van der Waals surface area contributed by atoms with Gasteiger partial charge in [0, 0.05) is 23.8 Å². The van der Waals surface area contributed by atoms with E-state index in [1.165, 1.54) is 0 Å². The van der Waals surface area contributed by atoms with Crippen molar-refractivity contribution >= 4 is 21.6 Å². The van der Waals surface area contributed by atoms with Crippen LogP contribution in [0.1, 0.15) is 18.7 Å². The van der Waals surface area contributed by atoms with E-state index >= 15 is 0 Å². The topological polar surface area (TPSA) is 30.1 Å². The molecule has 4 heteroatoms. The molecule has 3 nitrogen and oxygen atoms in total. The zero-order valence-corrected chi connectivity index (χ0v) is 12.7. The second kappa shape index (κ2) is 5.59. The zero-order chi connectivity index (χ0) is 13.9. The molecule has 1 atom stereocenters. The number of halogens is 1. The molecule has 3 aromatic rings. The van der Waals surface area contributed by atoms with Crippen LogP contribution in [0.15, 0.2) is 70.0 Å². The summed E-state index contributed by atoms with van der Waals surface area (Å²) in [5.41, 5.74) is 2.20.